The van der Waals surface area contributed by atoms with Crippen molar-refractivity contribution in [2.24, 2.45) is 0 Å². The lowest BCUT2D eigenvalue weighted by atomic mass is 10.1. The van der Waals surface area contributed by atoms with Gasteiger partial charge in [0.15, 0.2) is 6.29 Å². The van der Waals surface area contributed by atoms with Crippen molar-refractivity contribution in [1.29, 1.82) is 0 Å². The zero-order valence-electron chi connectivity index (χ0n) is 9.45. The van der Waals surface area contributed by atoms with E-state index < -0.39 is 7.80 Å². The standard InChI is InChI=1S/C10H21NO2P/c1-10(12)7-5-4-6-8-11(2)9-14(3)13/h4-9H2,1-3H3/q+1. The average molecular weight is 218 g/mol. The maximum absolute atomic E-state index is 10.9. The van der Waals surface area contributed by atoms with E-state index in [4.69, 9.17) is 0 Å². The number of nitrogens with zero attached hydrogens (tertiary/aromatic N) is 1. The van der Waals surface area contributed by atoms with Crippen molar-refractivity contribution in [3.8, 4) is 0 Å². The molecular formula is C10H21NO2P+. The van der Waals surface area contributed by atoms with Gasteiger partial charge in [0, 0.05) is 13.0 Å². The summed E-state index contributed by atoms with van der Waals surface area (Å²) < 4.78 is 10.9. The van der Waals surface area contributed by atoms with Gasteiger partial charge in [0.1, 0.15) is 12.4 Å². The van der Waals surface area contributed by atoms with Gasteiger partial charge >= 0.3 is 7.80 Å². The molecule has 0 rings (SSSR count). The van der Waals surface area contributed by atoms with Gasteiger partial charge in [0.2, 0.25) is 0 Å². The SMILES string of the molecule is CC(=O)CCCCCN(C)C[P+](C)=O. The summed E-state index contributed by atoms with van der Waals surface area (Å²) in [5.41, 5.74) is 0. The van der Waals surface area contributed by atoms with Crippen LogP contribution in [-0.2, 0) is 9.36 Å². The van der Waals surface area contributed by atoms with E-state index >= 15 is 0 Å². The van der Waals surface area contributed by atoms with Gasteiger partial charge in [-0.15, -0.1) is 0 Å². The van der Waals surface area contributed by atoms with Crippen LogP contribution in [0.3, 0.4) is 0 Å². The first-order valence-corrected chi connectivity index (χ1v) is 6.98. The smallest absolute Gasteiger partial charge is 0.300 e. The van der Waals surface area contributed by atoms with Gasteiger partial charge in [0.25, 0.3) is 0 Å². The molecule has 0 bridgehead atoms. The Labute approximate surface area is 87.6 Å². The van der Waals surface area contributed by atoms with Crippen LogP contribution in [0.5, 0.6) is 0 Å². The van der Waals surface area contributed by atoms with Crippen molar-refractivity contribution < 1.29 is 9.36 Å². The van der Waals surface area contributed by atoms with Crippen LogP contribution >= 0.6 is 7.80 Å². The number of hydrogen-bond acceptors (Lipinski definition) is 3. The normalized spacial score (nSPS) is 11.9. The van der Waals surface area contributed by atoms with E-state index in [-0.39, 0.29) is 5.78 Å². The number of unbranched alkanes of at least 4 members (excludes halogenated alkanes) is 2. The van der Waals surface area contributed by atoms with Crippen LogP contribution in [0.25, 0.3) is 0 Å². The predicted octanol–water partition coefficient (Wildman–Crippen LogP) is 2.48. The van der Waals surface area contributed by atoms with Gasteiger partial charge in [0.05, 0.1) is 0 Å². The molecule has 0 amide bonds. The maximum Gasteiger partial charge on any atom is 0.351 e. The van der Waals surface area contributed by atoms with Crippen LogP contribution in [0, 0.1) is 0 Å². The Morgan fingerprint density at radius 3 is 2.43 bits per heavy atom. The van der Waals surface area contributed by atoms with E-state index in [0.717, 1.165) is 25.8 Å². The molecule has 0 aliphatic carbocycles. The van der Waals surface area contributed by atoms with Crippen molar-refractivity contribution in [2.75, 3.05) is 26.5 Å². The van der Waals surface area contributed by atoms with E-state index in [1.54, 1.807) is 13.6 Å². The second-order valence-electron chi connectivity index (χ2n) is 3.86. The summed E-state index contributed by atoms with van der Waals surface area (Å²) in [6, 6.07) is 0. The third-order valence-electron chi connectivity index (χ3n) is 2.01. The maximum atomic E-state index is 10.9. The lowest BCUT2D eigenvalue weighted by Crippen LogP contribution is -2.18. The van der Waals surface area contributed by atoms with Gasteiger partial charge in [-0.05, 0) is 26.8 Å². The molecule has 0 aliphatic heterocycles. The van der Waals surface area contributed by atoms with Crippen molar-refractivity contribution in [1.82, 2.24) is 4.90 Å². The Morgan fingerprint density at radius 1 is 1.29 bits per heavy atom. The number of hydrogen-bond donors (Lipinski definition) is 0. The zero-order valence-corrected chi connectivity index (χ0v) is 10.3. The van der Waals surface area contributed by atoms with Gasteiger partial charge in [-0.1, -0.05) is 11.0 Å². The van der Waals surface area contributed by atoms with E-state index in [1.165, 1.54) is 0 Å². The second-order valence-corrected chi connectivity index (χ2v) is 5.40. The first kappa shape index (κ1) is 13.7. The highest BCUT2D eigenvalue weighted by Gasteiger charge is 2.09. The molecule has 0 heterocycles. The quantitative estimate of drug-likeness (QED) is 0.464. The molecular weight excluding hydrogens is 197 g/mol. The van der Waals surface area contributed by atoms with Crippen LogP contribution in [0.15, 0.2) is 0 Å². The van der Waals surface area contributed by atoms with Crippen LogP contribution < -0.4 is 0 Å². The van der Waals surface area contributed by atoms with E-state index in [2.05, 4.69) is 4.90 Å². The predicted molar refractivity (Wildman–Crippen MR) is 60.2 cm³/mol. The summed E-state index contributed by atoms with van der Waals surface area (Å²) in [5.74, 6) is 0.273. The van der Waals surface area contributed by atoms with Gasteiger partial charge in [-0.2, -0.15) is 0 Å². The molecule has 14 heavy (non-hydrogen) atoms. The lowest BCUT2D eigenvalue weighted by Gasteiger charge is -2.09. The van der Waals surface area contributed by atoms with Gasteiger partial charge < -0.3 is 4.79 Å². The molecule has 0 aromatic heterocycles. The average Bonchev–Trinajstić information content (AvgIpc) is 2.01. The molecule has 1 atom stereocenters. The van der Waals surface area contributed by atoms with Gasteiger partial charge in [-0.25, -0.2) is 0 Å². The fourth-order valence-corrected chi connectivity index (χ4v) is 2.16. The number of rotatable bonds is 8. The molecule has 82 valence electrons. The number of ketones is 1. The number of carbonyl (C=O) groups is 1. The molecule has 0 spiro atoms. The Morgan fingerprint density at radius 2 is 1.93 bits per heavy atom. The Balaban J connectivity index is 3.27. The summed E-state index contributed by atoms with van der Waals surface area (Å²) in [6.45, 7) is 4.36. The van der Waals surface area contributed by atoms with Crippen molar-refractivity contribution in [3.63, 3.8) is 0 Å². The Hall–Kier alpha value is -0.270. The molecule has 0 saturated heterocycles. The third kappa shape index (κ3) is 9.82. The lowest BCUT2D eigenvalue weighted by molar-refractivity contribution is -0.117. The monoisotopic (exact) mass is 218 g/mol. The molecule has 0 aliphatic rings. The Kier molecular flexibility index (Phi) is 7.92. The minimum absolute atomic E-state index is 0.273. The molecule has 0 N–H and O–H groups in total. The second kappa shape index (κ2) is 8.07. The first-order valence-electron chi connectivity index (χ1n) is 5.08. The highest BCUT2D eigenvalue weighted by atomic mass is 31.1. The molecule has 0 fully saturated rings. The van der Waals surface area contributed by atoms with Crippen molar-refractivity contribution in [3.05, 3.63) is 0 Å². The third-order valence-corrected chi connectivity index (χ3v) is 2.89. The zero-order chi connectivity index (χ0) is 11.0. The molecule has 0 aromatic carbocycles. The highest BCUT2D eigenvalue weighted by molar-refractivity contribution is 7.43. The fraction of sp³-hybridized carbons (Fsp3) is 0.900. The van der Waals surface area contributed by atoms with Crippen LogP contribution in [0.2, 0.25) is 0 Å². The largest absolute Gasteiger partial charge is 0.351 e. The van der Waals surface area contributed by atoms with E-state index in [9.17, 15) is 9.36 Å². The van der Waals surface area contributed by atoms with Crippen LogP contribution in [-0.4, -0.2) is 37.2 Å². The first-order chi connectivity index (χ1) is 6.52. The van der Waals surface area contributed by atoms with Gasteiger partial charge in [-0.3, -0.25) is 4.90 Å². The van der Waals surface area contributed by atoms with Crippen molar-refractivity contribution in [2.45, 2.75) is 32.6 Å². The minimum Gasteiger partial charge on any atom is -0.300 e. The molecule has 4 heteroatoms. The van der Waals surface area contributed by atoms with E-state index in [1.807, 2.05) is 7.05 Å². The summed E-state index contributed by atoms with van der Waals surface area (Å²) in [6.07, 6.45) is 4.55. The summed E-state index contributed by atoms with van der Waals surface area (Å²) in [7, 11) is 0.935. The molecule has 1 unspecified atom stereocenters. The van der Waals surface area contributed by atoms with Crippen LogP contribution in [0.4, 0.5) is 0 Å². The Bertz CT molecular complexity index is 195. The highest BCUT2D eigenvalue weighted by Crippen LogP contribution is 2.14. The number of Topliss-reactive ketones (excluding diaryl/α,β-unsaturated/α-hetero) is 1. The fourth-order valence-electron chi connectivity index (χ4n) is 1.34. The summed E-state index contributed by atoms with van der Waals surface area (Å²) >= 11 is 0. The molecule has 3 nitrogen and oxygen atoms in total. The summed E-state index contributed by atoms with van der Waals surface area (Å²) in [4.78, 5) is 12.7. The van der Waals surface area contributed by atoms with E-state index in [0.29, 0.717) is 12.7 Å². The molecule has 0 radical (unpaired) electrons. The number of carbonyl (C=O) groups excluding carboxylic acids is 1. The van der Waals surface area contributed by atoms with Crippen LogP contribution in [0.1, 0.15) is 32.6 Å². The minimum atomic E-state index is -1.05. The summed E-state index contributed by atoms with van der Waals surface area (Å²) in [5, 5.41) is 0. The topological polar surface area (TPSA) is 37.4 Å². The molecule has 0 saturated carbocycles. The molecule has 0 aromatic rings. The van der Waals surface area contributed by atoms with Crippen molar-refractivity contribution >= 4 is 13.6 Å².